The Bertz CT molecular complexity index is 670. The zero-order valence-electron chi connectivity index (χ0n) is 10.7. The number of benzene rings is 2. The standard InChI is InChI=1S/C15H14N2O3/c16-11-6-2-1-4-9(11)10-5-3-7-12-14(10)20-13(8-17-12)15(18)19/h1-7,13,17H,8,16H2,(H,18,19). The fourth-order valence-corrected chi connectivity index (χ4v) is 2.28. The number of nitrogens with one attached hydrogen (secondary N) is 1. The van der Waals surface area contributed by atoms with Crippen molar-refractivity contribution in [1.29, 1.82) is 0 Å². The van der Waals surface area contributed by atoms with E-state index in [0.717, 1.165) is 16.8 Å². The molecule has 20 heavy (non-hydrogen) atoms. The topological polar surface area (TPSA) is 84.6 Å². The van der Waals surface area contributed by atoms with E-state index in [-0.39, 0.29) is 6.54 Å². The molecule has 2 aromatic rings. The first-order chi connectivity index (χ1) is 9.66. The minimum absolute atomic E-state index is 0.246. The molecule has 0 aliphatic carbocycles. The van der Waals surface area contributed by atoms with Gasteiger partial charge in [0, 0.05) is 16.8 Å². The Morgan fingerprint density at radius 1 is 1.20 bits per heavy atom. The van der Waals surface area contributed by atoms with E-state index in [1.807, 2.05) is 36.4 Å². The van der Waals surface area contributed by atoms with Gasteiger partial charge >= 0.3 is 5.97 Å². The molecule has 0 radical (unpaired) electrons. The predicted octanol–water partition coefficient (Wildman–Crippen LogP) is 2.19. The Morgan fingerprint density at radius 2 is 1.95 bits per heavy atom. The third-order valence-electron chi connectivity index (χ3n) is 3.28. The first-order valence-corrected chi connectivity index (χ1v) is 6.28. The third kappa shape index (κ3) is 2.03. The summed E-state index contributed by atoms with van der Waals surface area (Å²) in [5.41, 5.74) is 9.02. The lowest BCUT2D eigenvalue weighted by atomic mass is 10.0. The Morgan fingerprint density at radius 3 is 2.70 bits per heavy atom. The van der Waals surface area contributed by atoms with Crippen molar-refractivity contribution in [1.82, 2.24) is 0 Å². The van der Waals surface area contributed by atoms with Crippen LogP contribution in [-0.2, 0) is 4.79 Å². The van der Waals surface area contributed by atoms with E-state index in [0.29, 0.717) is 11.4 Å². The molecule has 4 N–H and O–H groups in total. The number of ether oxygens (including phenoxy) is 1. The Hall–Kier alpha value is -2.69. The SMILES string of the molecule is Nc1ccccc1-c1cccc2c1OC(C(=O)O)CN2. The van der Waals surface area contributed by atoms with Gasteiger partial charge in [-0.15, -0.1) is 0 Å². The van der Waals surface area contributed by atoms with Gasteiger partial charge in [0.15, 0.2) is 5.75 Å². The fourth-order valence-electron chi connectivity index (χ4n) is 2.28. The van der Waals surface area contributed by atoms with Crippen molar-refractivity contribution < 1.29 is 14.6 Å². The second kappa shape index (κ2) is 4.77. The van der Waals surface area contributed by atoms with Crippen LogP contribution in [0.4, 0.5) is 11.4 Å². The van der Waals surface area contributed by atoms with E-state index in [1.54, 1.807) is 6.07 Å². The molecule has 1 aliphatic heterocycles. The average molecular weight is 270 g/mol. The number of anilines is 2. The molecule has 0 bridgehead atoms. The molecule has 0 saturated carbocycles. The molecular formula is C15H14N2O3. The smallest absolute Gasteiger partial charge is 0.346 e. The van der Waals surface area contributed by atoms with Crippen LogP contribution in [0.15, 0.2) is 42.5 Å². The molecule has 1 atom stereocenters. The highest BCUT2D eigenvalue weighted by Crippen LogP contribution is 2.41. The summed E-state index contributed by atoms with van der Waals surface area (Å²) in [7, 11) is 0. The number of nitrogen functional groups attached to an aromatic ring is 1. The van der Waals surface area contributed by atoms with Crippen molar-refractivity contribution in [3.63, 3.8) is 0 Å². The predicted molar refractivity (Wildman–Crippen MR) is 76.8 cm³/mol. The van der Waals surface area contributed by atoms with Crippen LogP contribution < -0.4 is 15.8 Å². The second-order valence-electron chi connectivity index (χ2n) is 4.60. The van der Waals surface area contributed by atoms with Crippen LogP contribution in [0.25, 0.3) is 11.1 Å². The van der Waals surface area contributed by atoms with E-state index in [9.17, 15) is 4.79 Å². The number of hydrogen-bond donors (Lipinski definition) is 3. The van der Waals surface area contributed by atoms with Crippen molar-refractivity contribution in [2.45, 2.75) is 6.10 Å². The quantitative estimate of drug-likeness (QED) is 0.728. The summed E-state index contributed by atoms with van der Waals surface area (Å²) >= 11 is 0. The van der Waals surface area contributed by atoms with Crippen LogP contribution in [0.2, 0.25) is 0 Å². The van der Waals surface area contributed by atoms with E-state index < -0.39 is 12.1 Å². The maximum atomic E-state index is 11.1. The fraction of sp³-hybridized carbons (Fsp3) is 0.133. The molecule has 102 valence electrons. The molecule has 5 heteroatoms. The Balaban J connectivity index is 2.11. The van der Waals surface area contributed by atoms with Gasteiger partial charge in [-0.3, -0.25) is 0 Å². The average Bonchev–Trinajstić information content (AvgIpc) is 2.46. The first kappa shape index (κ1) is 12.3. The van der Waals surface area contributed by atoms with Gasteiger partial charge in [-0.05, 0) is 12.1 Å². The van der Waals surface area contributed by atoms with Gasteiger partial charge in [0.1, 0.15) is 0 Å². The number of hydrogen-bond acceptors (Lipinski definition) is 4. The maximum absolute atomic E-state index is 11.1. The maximum Gasteiger partial charge on any atom is 0.346 e. The molecule has 0 spiro atoms. The lowest BCUT2D eigenvalue weighted by molar-refractivity contribution is -0.144. The minimum atomic E-state index is -0.987. The number of fused-ring (bicyclic) bond motifs is 1. The minimum Gasteiger partial charge on any atom is -0.478 e. The lowest BCUT2D eigenvalue weighted by Crippen LogP contribution is -2.37. The van der Waals surface area contributed by atoms with Crippen LogP contribution in [0.1, 0.15) is 0 Å². The first-order valence-electron chi connectivity index (χ1n) is 6.28. The zero-order chi connectivity index (χ0) is 14.1. The summed E-state index contributed by atoms with van der Waals surface area (Å²) in [6.45, 7) is 0.246. The summed E-state index contributed by atoms with van der Waals surface area (Å²) in [6.07, 6.45) is -0.895. The highest BCUT2D eigenvalue weighted by atomic mass is 16.5. The Labute approximate surface area is 116 Å². The highest BCUT2D eigenvalue weighted by molar-refractivity contribution is 5.86. The van der Waals surface area contributed by atoms with Crippen LogP contribution >= 0.6 is 0 Å². The van der Waals surface area contributed by atoms with Crippen molar-refractivity contribution in [2.24, 2.45) is 0 Å². The summed E-state index contributed by atoms with van der Waals surface area (Å²) in [4.78, 5) is 11.1. The monoisotopic (exact) mass is 270 g/mol. The number of carboxylic acid groups (broad SMARTS) is 1. The van der Waals surface area contributed by atoms with Gasteiger partial charge in [-0.1, -0.05) is 30.3 Å². The lowest BCUT2D eigenvalue weighted by Gasteiger charge is -2.26. The van der Waals surface area contributed by atoms with Crippen molar-refractivity contribution >= 4 is 17.3 Å². The summed E-state index contributed by atoms with van der Waals surface area (Å²) < 4.78 is 5.62. The molecule has 5 nitrogen and oxygen atoms in total. The van der Waals surface area contributed by atoms with Crippen molar-refractivity contribution in [2.75, 3.05) is 17.6 Å². The summed E-state index contributed by atoms with van der Waals surface area (Å²) in [5.74, 6) is -0.456. The summed E-state index contributed by atoms with van der Waals surface area (Å²) in [5, 5.41) is 12.2. The van der Waals surface area contributed by atoms with Gasteiger partial charge < -0.3 is 20.9 Å². The van der Waals surface area contributed by atoms with Gasteiger partial charge in [0.25, 0.3) is 0 Å². The normalized spacial score (nSPS) is 16.7. The van der Waals surface area contributed by atoms with Crippen LogP contribution in [0.3, 0.4) is 0 Å². The van der Waals surface area contributed by atoms with E-state index in [4.69, 9.17) is 15.6 Å². The molecule has 0 fully saturated rings. The molecular weight excluding hydrogens is 256 g/mol. The number of para-hydroxylation sites is 2. The number of aliphatic carboxylic acids is 1. The molecule has 2 aromatic carbocycles. The van der Waals surface area contributed by atoms with Crippen LogP contribution in [-0.4, -0.2) is 23.7 Å². The molecule has 1 heterocycles. The Kier molecular flexibility index (Phi) is 2.95. The number of nitrogens with two attached hydrogens (primary N) is 1. The van der Waals surface area contributed by atoms with Gasteiger partial charge in [-0.25, -0.2) is 4.79 Å². The van der Waals surface area contributed by atoms with Crippen LogP contribution in [0, 0.1) is 0 Å². The van der Waals surface area contributed by atoms with E-state index >= 15 is 0 Å². The molecule has 1 aliphatic rings. The molecule has 3 rings (SSSR count). The highest BCUT2D eigenvalue weighted by Gasteiger charge is 2.27. The molecule has 0 aromatic heterocycles. The van der Waals surface area contributed by atoms with Gasteiger partial charge in [-0.2, -0.15) is 0 Å². The zero-order valence-corrected chi connectivity index (χ0v) is 10.7. The van der Waals surface area contributed by atoms with Crippen LogP contribution in [0.5, 0.6) is 5.75 Å². The molecule has 1 unspecified atom stereocenters. The summed E-state index contributed by atoms with van der Waals surface area (Å²) in [6, 6.07) is 13.0. The number of carboxylic acids is 1. The number of carbonyl (C=O) groups is 1. The van der Waals surface area contributed by atoms with Gasteiger partial charge in [0.05, 0.1) is 12.2 Å². The molecule has 0 amide bonds. The van der Waals surface area contributed by atoms with Gasteiger partial charge in [0.2, 0.25) is 6.10 Å². The third-order valence-corrected chi connectivity index (χ3v) is 3.28. The molecule has 0 saturated heterocycles. The second-order valence-corrected chi connectivity index (χ2v) is 4.60. The number of rotatable bonds is 2. The van der Waals surface area contributed by atoms with E-state index in [2.05, 4.69) is 5.32 Å². The van der Waals surface area contributed by atoms with Crippen molar-refractivity contribution in [3.05, 3.63) is 42.5 Å². The van der Waals surface area contributed by atoms with E-state index in [1.165, 1.54) is 0 Å². The largest absolute Gasteiger partial charge is 0.478 e. The van der Waals surface area contributed by atoms with Crippen molar-refractivity contribution in [3.8, 4) is 16.9 Å².